The van der Waals surface area contributed by atoms with Crippen molar-refractivity contribution in [3.63, 3.8) is 0 Å². The van der Waals surface area contributed by atoms with Crippen molar-refractivity contribution in [2.45, 2.75) is 33.2 Å². The molecule has 1 aliphatic heterocycles. The second-order valence-electron chi connectivity index (χ2n) is 6.82. The van der Waals surface area contributed by atoms with E-state index in [-0.39, 0.29) is 5.70 Å². The number of anilines is 1. The number of nitrogens with one attached hydrogen (secondary N) is 1. The Bertz CT molecular complexity index is 873. The lowest BCUT2D eigenvalue weighted by atomic mass is 10.0. The number of aliphatic carboxylic acids is 1. The van der Waals surface area contributed by atoms with Gasteiger partial charge in [0, 0.05) is 0 Å². The zero-order valence-corrected chi connectivity index (χ0v) is 15.9. The van der Waals surface area contributed by atoms with Crippen molar-refractivity contribution >= 4 is 11.9 Å². The molecule has 8 nitrogen and oxygen atoms in total. The van der Waals surface area contributed by atoms with Gasteiger partial charge in [0.2, 0.25) is 5.95 Å². The van der Waals surface area contributed by atoms with Crippen LogP contribution in [0.2, 0.25) is 0 Å². The Hall–Kier alpha value is -3.03. The highest BCUT2D eigenvalue weighted by atomic mass is 16.5. The van der Waals surface area contributed by atoms with Crippen LogP contribution in [-0.4, -0.2) is 39.6 Å². The number of aryl methyl sites for hydroxylation is 1. The summed E-state index contributed by atoms with van der Waals surface area (Å²) < 4.78 is 13.0. The standard InChI is InChI=1S/C19H24N4O4/c1-11(2)7-8-27-16-6-5-13(9-17(16)26-4)15-10-14(18(24)25)21-19-20-12(3)22-23(15)19/h5-6,9-11,15H,7-8H2,1-4H3,(H,24,25)(H,20,21,22)/t15-/m0/s1. The molecule has 144 valence electrons. The number of carbonyl (C=O) groups is 1. The second kappa shape index (κ2) is 7.69. The van der Waals surface area contributed by atoms with E-state index in [2.05, 4.69) is 29.2 Å². The van der Waals surface area contributed by atoms with E-state index in [9.17, 15) is 9.90 Å². The summed E-state index contributed by atoms with van der Waals surface area (Å²) >= 11 is 0. The highest BCUT2D eigenvalue weighted by molar-refractivity contribution is 5.90. The minimum absolute atomic E-state index is 0.0659. The summed E-state index contributed by atoms with van der Waals surface area (Å²) in [7, 11) is 1.58. The molecule has 1 atom stereocenters. The van der Waals surface area contributed by atoms with Crippen molar-refractivity contribution in [3.05, 3.63) is 41.4 Å². The van der Waals surface area contributed by atoms with Crippen molar-refractivity contribution in [1.82, 2.24) is 14.8 Å². The van der Waals surface area contributed by atoms with E-state index in [1.165, 1.54) is 0 Å². The molecule has 0 fully saturated rings. The Kier molecular flexibility index (Phi) is 5.34. The van der Waals surface area contributed by atoms with Crippen LogP contribution < -0.4 is 14.8 Å². The maximum Gasteiger partial charge on any atom is 0.352 e. The predicted molar refractivity (Wildman–Crippen MR) is 100 cm³/mol. The number of hydrogen-bond acceptors (Lipinski definition) is 6. The lowest BCUT2D eigenvalue weighted by Gasteiger charge is -2.23. The van der Waals surface area contributed by atoms with Gasteiger partial charge in [0.1, 0.15) is 17.6 Å². The topological polar surface area (TPSA) is 98.5 Å². The quantitative estimate of drug-likeness (QED) is 0.771. The smallest absolute Gasteiger partial charge is 0.352 e. The van der Waals surface area contributed by atoms with Crippen LogP contribution in [0.3, 0.4) is 0 Å². The van der Waals surface area contributed by atoms with Crippen LogP contribution in [0.5, 0.6) is 11.5 Å². The normalized spacial score (nSPS) is 15.7. The largest absolute Gasteiger partial charge is 0.493 e. The molecule has 1 aromatic carbocycles. The summed E-state index contributed by atoms with van der Waals surface area (Å²) in [5.41, 5.74) is 0.894. The highest BCUT2D eigenvalue weighted by Crippen LogP contribution is 2.35. The van der Waals surface area contributed by atoms with E-state index in [1.54, 1.807) is 24.8 Å². The minimum atomic E-state index is -1.05. The summed E-state index contributed by atoms with van der Waals surface area (Å²) in [6, 6.07) is 5.17. The van der Waals surface area contributed by atoms with Crippen LogP contribution in [0.15, 0.2) is 30.0 Å². The molecule has 2 heterocycles. The average Bonchev–Trinajstić information content (AvgIpc) is 3.00. The van der Waals surface area contributed by atoms with Gasteiger partial charge in [-0.2, -0.15) is 10.1 Å². The molecule has 0 saturated carbocycles. The number of methoxy groups -OCH3 is 1. The summed E-state index contributed by atoms with van der Waals surface area (Å²) in [6.07, 6.45) is 2.56. The Balaban J connectivity index is 1.93. The fourth-order valence-electron chi connectivity index (χ4n) is 2.85. The summed E-state index contributed by atoms with van der Waals surface area (Å²) in [5.74, 6) is 1.72. The van der Waals surface area contributed by atoms with Gasteiger partial charge in [-0.25, -0.2) is 9.48 Å². The highest BCUT2D eigenvalue weighted by Gasteiger charge is 2.27. The van der Waals surface area contributed by atoms with Crippen molar-refractivity contribution in [3.8, 4) is 11.5 Å². The number of carboxylic acids is 1. The summed E-state index contributed by atoms with van der Waals surface area (Å²) in [4.78, 5) is 15.7. The van der Waals surface area contributed by atoms with Gasteiger partial charge in [0.15, 0.2) is 11.5 Å². The first kappa shape index (κ1) is 18.8. The van der Waals surface area contributed by atoms with Crippen LogP contribution in [0, 0.1) is 12.8 Å². The van der Waals surface area contributed by atoms with Crippen LogP contribution in [0.1, 0.15) is 37.7 Å². The van der Waals surface area contributed by atoms with Gasteiger partial charge in [-0.05, 0) is 43.0 Å². The van der Waals surface area contributed by atoms with E-state index >= 15 is 0 Å². The van der Waals surface area contributed by atoms with Crippen molar-refractivity contribution < 1.29 is 19.4 Å². The molecule has 2 aromatic rings. The van der Waals surface area contributed by atoms with Crippen molar-refractivity contribution in [2.24, 2.45) is 5.92 Å². The number of rotatable bonds is 7. The molecule has 0 spiro atoms. The minimum Gasteiger partial charge on any atom is -0.493 e. The Morgan fingerprint density at radius 2 is 2.15 bits per heavy atom. The molecule has 1 aromatic heterocycles. The van der Waals surface area contributed by atoms with Crippen molar-refractivity contribution in [2.75, 3.05) is 19.0 Å². The number of fused-ring (bicyclic) bond motifs is 1. The third kappa shape index (κ3) is 4.05. The van der Waals surface area contributed by atoms with E-state index < -0.39 is 12.0 Å². The van der Waals surface area contributed by atoms with Gasteiger partial charge in [0.05, 0.1) is 13.7 Å². The zero-order valence-electron chi connectivity index (χ0n) is 15.9. The first-order valence-electron chi connectivity index (χ1n) is 8.85. The number of carboxylic acid groups (broad SMARTS) is 1. The van der Waals surface area contributed by atoms with Gasteiger partial charge in [0.25, 0.3) is 0 Å². The first-order chi connectivity index (χ1) is 12.9. The molecule has 0 aliphatic carbocycles. The number of nitrogens with zero attached hydrogens (tertiary/aromatic N) is 3. The number of hydrogen-bond donors (Lipinski definition) is 2. The zero-order chi connectivity index (χ0) is 19.6. The van der Waals surface area contributed by atoms with Crippen LogP contribution >= 0.6 is 0 Å². The SMILES string of the molecule is COc1cc([C@@H]2C=C(C(=O)O)Nc3nc(C)nn32)ccc1OCCC(C)C. The molecule has 27 heavy (non-hydrogen) atoms. The summed E-state index contributed by atoms with van der Waals surface area (Å²) in [5, 5.41) is 16.6. The predicted octanol–water partition coefficient (Wildman–Crippen LogP) is 3.00. The number of ether oxygens (including phenoxy) is 2. The molecule has 0 unspecified atom stereocenters. The molecule has 1 aliphatic rings. The number of aromatic nitrogens is 3. The third-order valence-corrected chi connectivity index (χ3v) is 4.28. The Labute approximate surface area is 157 Å². The second-order valence-corrected chi connectivity index (χ2v) is 6.82. The number of allylic oxidation sites excluding steroid dienone is 1. The van der Waals surface area contributed by atoms with E-state index in [0.717, 1.165) is 12.0 Å². The van der Waals surface area contributed by atoms with Gasteiger partial charge in [-0.3, -0.25) is 0 Å². The fourth-order valence-corrected chi connectivity index (χ4v) is 2.85. The van der Waals surface area contributed by atoms with Gasteiger partial charge < -0.3 is 19.9 Å². The monoisotopic (exact) mass is 372 g/mol. The fraction of sp³-hybridized carbons (Fsp3) is 0.421. The maximum absolute atomic E-state index is 11.5. The third-order valence-electron chi connectivity index (χ3n) is 4.28. The van der Waals surface area contributed by atoms with E-state index in [1.807, 2.05) is 18.2 Å². The van der Waals surface area contributed by atoms with E-state index in [0.29, 0.717) is 35.8 Å². The lowest BCUT2D eigenvalue weighted by Crippen LogP contribution is -2.24. The van der Waals surface area contributed by atoms with Crippen LogP contribution in [-0.2, 0) is 4.79 Å². The Morgan fingerprint density at radius 1 is 1.37 bits per heavy atom. The molecule has 0 radical (unpaired) electrons. The maximum atomic E-state index is 11.5. The number of benzene rings is 1. The molecular formula is C19H24N4O4. The summed E-state index contributed by atoms with van der Waals surface area (Å²) in [6.45, 7) is 6.66. The molecule has 0 bridgehead atoms. The molecule has 0 saturated heterocycles. The molecule has 3 rings (SSSR count). The first-order valence-corrected chi connectivity index (χ1v) is 8.85. The van der Waals surface area contributed by atoms with Gasteiger partial charge in [-0.15, -0.1) is 0 Å². The van der Waals surface area contributed by atoms with Crippen LogP contribution in [0.25, 0.3) is 0 Å². The molecule has 0 amide bonds. The van der Waals surface area contributed by atoms with Crippen molar-refractivity contribution in [1.29, 1.82) is 0 Å². The molecular weight excluding hydrogens is 348 g/mol. The molecule has 2 N–H and O–H groups in total. The Morgan fingerprint density at radius 3 is 2.81 bits per heavy atom. The molecule has 8 heteroatoms. The average molecular weight is 372 g/mol. The van der Waals surface area contributed by atoms with E-state index in [4.69, 9.17) is 9.47 Å². The lowest BCUT2D eigenvalue weighted by molar-refractivity contribution is -0.132. The van der Waals surface area contributed by atoms with Gasteiger partial charge >= 0.3 is 5.97 Å². The van der Waals surface area contributed by atoms with Gasteiger partial charge in [-0.1, -0.05) is 19.9 Å². The van der Waals surface area contributed by atoms with Crippen LogP contribution in [0.4, 0.5) is 5.95 Å².